The molecule has 0 saturated heterocycles. The van der Waals surface area contributed by atoms with Gasteiger partial charge in [-0.05, 0) is 19.1 Å². The molecule has 0 atom stereocenters. The highest BCUT2D eigenvalue weighted by Gasteiger charge is 2.30. The van der Waals surface area contributed by atoms with Gasteiger partial charge in [0.2, 0.25) is 0 Å². The predicted octanol–water partition coefficient (Wildman–Crippen LogP) is 2.52. The Morgan fingerprint density at radius 2 is 2.00 bits per heavy atom. The molecule has 0 saturated carbocycles. The molecule has 0 aliphatic carbocycles. The lowest BCUT2D eigenvalue weighted by Gasteiger charge is -2.22. The van der Waals surface area contributed by atoms with Gasteiger partial charge in [0.15, 0.2) is 11.0 Å². The van der Waals surface area contributed by atoms with Crippen molar-refractivity contribution in [3.05, 3.63) is 17.3 Å². The molecule has 7 heteroatoms. The van der Waals surface area contributed by atoms with Gasteiger partial charge < -0.3 is 4.90 Å². The van der Waals surface area contributed by atoms with Crippen LogP contribution in [0.5, 0.6) is 0 Å². The third kappa shape index (κ3) is 3.91. The summed E-state index contributed by atoms with van der Waals surface area (Å²) in [6, 6.07) is 2.81. The van der Waals surface area contributed by atoms with E-state index < -0.39 is 12.7 Å². The summed E-state index contributed by atoms with van der Waals surface area (Å²) in [6.07, 6.45) is -4.25. The van der Waals surface area contributed by atoms with Crippen molar-refractivity contribution in [2.24, 2.45) is 0 Å². The summed E-state index contributed by atoms with van der Waals surface area (Å²) in [7, 11) is 0. The monoisotopic (exact) mass is 239 g/mol. The highest BCUT2D eigenvalue weighted by atomic mass is 35.5. The fourth-order valence-corrected chi connectivity index (χ4v) is 1.15. The number of hydrogen-bond donors (Lipinski definition) is 0. The fourth-order valence-electron chi connectivity index (χ4n) is 1.05. The molecular weight excluding hydrogens is 231 g/mol. The summed E-state index contributed by atoms with van der Waals surface area (Å²) < 4.78 is 36.4. The van der Waals surface area contributed by atoms with Crippen molar-refractivity contribution >= 4 is 17.4 Å². The molecule has 0 N–H and O–H groups in total. The zero-order valence-corrected chi connectivity index (χ0v) is 8.68. The lowest BCUT2D eigenvalue weighted by atomic mass is 10.4. The van der Waals surface area contributed by atoms with Crippen LogP contribution in [-0.4, -0.2) is 29.5 Å². The van der Waals surface area contributed by atoms with Crippen LogP contribution in [0.3, 0.4) is 0 Å². The van der Waals surface area contributed by atoms with Crippen LogP contribution in [0.25, 0.3) is 0 Å². The Balaban J connectivity index is 2.79. The lowest BCUT2D eigenvalue weighted by Crippen LogP contribution is -2.34. The summed E-state index contributed by atoms with van der Waals surface area (Å²) in [5.74, 6) is 0.166. The molecule has 0 spiro atoms. The number of halogens is 4. The average molecular weight is 240 g/mol. The van der Waals surface area contributed by atoms with Crippen molar-refractivity contribution in [1.29, 1.82) is 0 Å². The highest BCUT2D eigenvalue weighted by Crippen LogP contribution is 2.20. The van der Waals surface area contributed by atoms with Crippen LogP contribution in [0.1, 0.15) is 6.92 Å². The molecule has 0 aromatic carbocycles. The number of rotatable bonds is 3. The molecule has 1 aromatic rings. The first kappa shape index (κ1) is 12.0. The van der Waals surface area contributed by atoms with Gasteiger partial charge in [0.1, 0.15) is 6.54 Å². The van der Waals surface area contributed by atoms with Gasteiger partial charge in [-0.1, -0.05) is 11.6 Å². The van der Waals surface area contributed by atoms with Gasteiger partial charge in [-0.2, -0.15) is 13.2 Å². The largest absolute Gasteiger partial charge is 0.405 e. The Bertz CT molecular complexity index is 312. The molecule has 0 radical (unpaired) electrons. The van der Waals surface area contributed by atoms with E-state index in [0.29, 0.717) is 0 Å². The molecule has 0 aliphatic rings. The molecule has 1 aromatic heterocycles. The molecule has 1 heterocycles. The summed E-state index contributed by atoms with van der Waals surface area (Å²) in [4.78, 5) is 1.07. The molecule has 0 amide bonds. The molecule has 0 aliphatic heterocycles. The summed E-state index contributed by atoms with van der Waals surface area (Å²) >= 11 is 5.48. The van der Waals surface area contributed by atoms with Crippen LogP contribution in [0.15, 0.2) is 12.1 Å². The summed E-state index contributed by atoms with van der Waals surface area (Å²) in [5, 5.41) is 7.22. The Hall–Kier alpha value is -1.04. The zero-order chi connectivity index (χ0) is 11.5. The minimum atomic E-state index is -4.25. The van der Waals surface area contributed by atoms with Gasteiger partial charge in [0.25, 0.3) is 0 Å². The fraction of sp³-hybridized carbons (Fsp3) is 0.500. The number of aromatic nitrogens is 2. The van der Waals surface area contributed by atoms with Crippen LogP contribution >= 0.6 is 11.6 Å². The van der Waals surface area contributed by atoms with Gasteiger partial charge in [-0.3, -0.25) is 0 Å². The SMILES string of the molecule is CCN(CC(F)(F)F)c1ccc(Cl)nn1. The Labute approximate surface area is 89.9 Å². The van der Waals surface area contributed by atoms with Crippen molar-refractivity contribution in [3.8, 4) is 0 Å². The first-order valence-corrected chi connectivity index (χ1v) is 4.61. The van der Waals surface area contributed by atoms with Crippen LogP contribution in [0, 0.1) is 0 Å². The standard InChI is InChI=1S/C8H9ClF3N3/c1-2-15(5-8(10,11)12)7-4-3-6(9)13-14-7/h3-4H,2,5H2,1H3. The van der Waals surface area contributed by atoms with Gasteiger partial charge in [0.05, 0.1) is 0 Å². The molecule has 0 bridgehead atoms. The topological polar surface area (TPSA) is 29.0 Å². The van der Waals surface area contributed by atoms with E-state index in [1.165, 1.54) is 12.1 Å². The van der Waals surface area contributed by atoms with Crippen molar-refractivity contribution in [3.63, 3.8) is 0 Å². The number of alkyl halides is 3. The second-order valence-electron chi connectivity index (χ2n) is 2.84. The predicted molar refractivity (Wildman–Crippen MR) is 51.0 cm³/mol. The minimum Gasteiger partial charge on any atom is -0.346 e. The van der Waals surface area contributed by atoms with E-state index in [4.69, 9.17) is 11.6 Å². The van der Waals surface area contributed by atoms with Gasteiger partial charge in [-0.25, -0.2) is 0 Å². The van der Waals surface area contributed by atoms with E-state index in [1.54, 1.807) is 6.92 Å². The van der Waals surface area contributed by atoms with Crippen LogP contribution in [0.2, 0.25) is 5.15 Å². The normalized spacial score (nSPS) is 11.5. The molecule has 15 heavy (non-hydrogen) atoms. The average Bonchev–Trinajstić information content (AvgIpc) is 2.14. The third-order valence-electron chi connectivity index (χ3n) is 1.69. The highest BCUT2D eigenvalue weighted by molar-refractivity contribution is 6.29. The van der Waals surface area contributed by atoms with Gasteiger partial charge in [0, 0.05) is 6.54 Å². The summed E-state index contributed by atoms with van der Waals surface area (Å²) in [5.41, 5.74) is 0. The third-order valence-corrected chi connectivity index (χ3v) is 1.90. The first-order chi connectivity index (χ1) is 6.92. The molecular formula is C8H9ClF3N3. The van der Waals surface area contributed by atoms with Crippen molar-refractivity contribution in [2.75, 3.05) is 18.0 Å². The summed E-state index contributed by atoms with van der Waals surface area (Å²) in [6.45, 7) is 0.775. The molecule has 3 nitrogen and oxygen atoms in total. The Morgan fingerprint density at radius 1 is 1.33 bits per heavy atom. The molecule has 0 unspecified atom stereocenters. The Morgan fingerprint density at radius 3 is 2.40 bits per heavy atom. The molecule has 0 fully saturated rings. The molecule has 84 valence electrons. The van der Waals surface area contributed by atoms with E-state index in [-0.39, 0.29) is 17.5 Å². The van der Waals surface area contributed by atoms with Crippen LogP contribution < -0.4 is 4.90 Å². The second kappa shape index (κ2) is 4.65. The van der Waals surface area contributed by atoms with Crippen molar-refractivity contribution in [2.45, 2.75) is 13.1 Å². The maximum Gasteiger partial charge on any atom is 0.405 e. The zero-order valence-electron chi connectivity index (χ0n) is 7.92. The molecule has 1 rings (SSSR count). The van der Waals surface area contributed by atoms with E-state index >= 15 is 0 Å². The van der Waals surface area contributed by atoms with Gasteiger partial charge in [-0.15, -0.1) is 10.2 Å². The maximum atomic E-state index is 12.1. The van der Waals surface area contributed by atoms with E-state index in [1.807, 2.05) is 0 Å². The quantitative estimate of drug-likeness (QED) is 0.812. The van der Waals surface area contributed by atoms with Crippen molar-refractivity contribution < 1.29 is 13.2 Å². The Kier molecular flexibility index (Phi) is 3.73. The number of nitrogens with zero attached hydrogens (tertiary/aromatic N) is 3. The first-order valence-electron chi connectivity index (χ1n) is 4.23. The van der Waals surface area contributed by atoms with Crippen molar-refractivity contribution in [1.82, 2.24) is 10.2 Å². The van der Waals surface area contributed by atoms with Gasteiger partial charge >= 0.3 is 6.18 Å². The van der Waals surface area contributed by atoms with E-state index in [0.717, 1.165) is 4.90 Å². The van der Waals surface area contributed by atoms with E-state index in [2.05, 4.69) is 10.2 Å². The van der Waals surface area contributed by atoms with Crippen LogP contribution in [-0.2, 0) is 0 Å². The smallest absolute Gasteiger partial charge is 0.346 e. The second-order valence-corrected chi connectivity index (χ2v) is 3.23. The van der Waals surface area contributed by atoms with Crippen LogP contribution in [0.4, 0.5) is 19.0 Å². The minimum absolute atomic E-state index is 0.154. The maximum absolute atomic E-state index is 12.1. The number of anilines is 1. The lowest BCUT2D eigenvalue weighted by molar-refractivity contribution is -0.119. The van der Waals surface area contributed by atoms with E-state index in [9.17, 15) is 13.2 Å². The number of hydrogen-bond acceptors (Lipinski definition) is 3.